The van der Waals surface area contributed by atoms with Gasteiger partial charge in [-0.3, -0.25) is 13.2 Å². The Morgan fingerprint density at radius 2 is 1.01 bits per heavy atom. The van der Waals surface area contributed by atoms with E-state index in [1.165, 1.54) is 139 Å². The number of benzene rings is 3. The van der Waals surface area contributed by atoms with Crippen LogP contribution in [-0.4, -0.2) is 99.9 Å². The number of nitrogens with one attached hydrogen (secondary N) is 1. The van der Waals surface area contributed by atoms with Gasteiger partial charge in [0, 0.05) is 6.42 Å². The molecule has 1 aliphatic rings. The van der Waals surface area contributed by atoms with Gasteiger partial charge in [-0.05, 0) is 49.1 Å². The van der Waals surface area contributed by atoms with E-state index in [4.69, 9.17) is 27.9 Å². The van der Waals surface area contributed by atoms with Gasteiger partial charge in [0.05, 0.1) is 43.1 Å². The smallest absolute Gasteiger partial charge is 0.726 e. The van der Waals surface area contributed by atoms with Crippen molar-refractivity contribution in [1.82, 2.24) is 5.32 Å². The number of carbonyl (C=O) groups excluding carboxylic acids is 3. The first kappa shape index (κ1) is 75.5. The molecule has 0 radical (unpaired) electrons. The van der Waals surface area contributed by atoms with Gasteiger partial charge in [-0.2, -0.15) is 0 Å². The summed E-state index contributed by atoms with van der Waals surface area (Å²) in [4.78, 5) is 41.8. The van der Waals surface area contributed by atoms with Crippen LogP contribution in [0, 0.1) is 0 Å². The van der Waals surface area contributed by atoms with Crippen molar-refractivity contribution >= 4 is 38.6 Å². The molecular formula is C61H89NNa2O16S2. The molecule has 0 spiro atoms. The third kappa shape index (κ3) is 33.4. The summed E-state index contributed by atoms with van der Waals surface area (Å²) in [5.74, 6) is -2.45. The largest absolute Gasteiger partial charge is 1.00 e. The minimum absolute atomic E-state index is 0. The molecule has 1 heterocycles. The van der Waals surface area contributed by atoms with Crippen LogP contribution < -0.4 is 64.4 Å². The van der Waals surface area contributed by atoms with E-state index in [0.29, 0.717) is 12.8 Å². The number of amides is 1. The molecule has 1 amide bonds. The van der Waals surface area contributed by atoms with Crippen molar-refractivity contribution in [3.05, 3.63) is 120 Å². The second-order valence-electron chi connectivity index (χ2n) is 20.7. The molecule has 1 fully saturated rings. The van der Waals surface area contributed by atoms with E-state index in [0.717, 1.165) is 50.5 Å². The molecule has 7 atom stereocenters. The zero-order chi connectivity index (χ0) is 57.7. The van der Waals surface area contributed by atoms with Crippen molar-refractivity contribution < 1.29 is 131 Å². The van der Waals surface area contributed by atoms with Crippen molar-refractivity contribution in [2.45, 2.75) is 230 Å². The minimum atomic E-state index is -5.75. The van der Waals surface area contributed by atoms with Crippen molar-refractivity contribution in [2.75, 3.05) is 13.2 Å². The molecule has 0 aromatic heterocycles. The van der Waals surface area contributed by atoms with Crippen LogP contribution in [0.2, 0.25) is 0 Å². The number of carbonyl (C=O) groups is 3. The Labute approximate surface area is 534 Å². The summed E-state index contributed by atoms with van der Waals surface area (Å²) >= 11 is 0. The summed E-state index contributed by atoms with van der Waals surface area (Å²) in [5.41, 5.74) is 0.774. The van der Waals surface area contributed by atoms with Crippen LogP contribution in [0.5, 0.6) is 0 Å². The van der Waals surface area contributed by atoms with Crippen molar-refractivity contribution in [1.29, 1.82) is 0 Å². The number of hydrogen-bond acceptors (Lipinski definition) is 16. The molecular weight excluding hydrogens is 1110 g/mol. The molecule has 21 heteroatoms. The normalized spacial score (nSPS) is 18.0. The van der Waals surface area contributed by atoms with Gasteiger partial charge in [-0.15, -0.1) is 0 Å². The number of hydrogen-bond donors (Lipinski definition) is 1. The van der Waals surface area contributed by atoms with Crippen LogP contribution in [0.15, 0.2) is 103 Å². The van der Waals surface area contributed by atoms with Crippen LogP contribution in [0.3, 0.4) is 0 Å². The van der Waals surface area contributed by atoms with E-state index < -0.39 is 88.8 Å². The average Bonchev–Trinajstić information content (AvgIpc) is 3.46. The fourth-order valence-corrected chi connectivity index (χ4v) is 10.4. The van der Waals surface area contributed by atoms with Gasteiger partial charge in [0.15, 0.2) is 18.5 Å². The zero-order valence-electron chi connectivity index (χ0n) is 49.2. The van der Waals surface area contributed by atoms with Gasteiger partial charge in [0.25, 0.3) is 0 Å². The van der Waals surface area contributed by atoms with Crippen molar-refractivity contribution in [2.24, 2.45) is 0 Å². The molecule has 4 rings (SSSR count). The van der Waals surface area contributed by atoms with E-state index in [9.17, 15) is 40.3 Å². The fraction of sp³-hybridized carbons (Fsp3) is 0.623. The van der Waals surface area contributed by atoms with Gasteiger partial charge in [0.1, 0.15) is 12.2 Å². The Hall–Kier alpha value is -2.57. The zero-order valence-corrected chi connectivity index (χ0v) is 54.8. The SMILES string of the molecule is CCCCCCCCCCCCC/C=C/[C@@H](OCc1ccccc1)[C@H](CO[C@@H]1O[C@H](COS(=O)(=O)[O-])[C@H](OS(=O)(=O)[O-])[C@H](OC(=O)c2ccccc2)[C@H]1OC(=O)c1ccccc1)NC(=O)CCCCCCCCCCCCCCC.[Na+].[Na+]. The summed E-state index contributed by atoms with van der Waals surface area (Å²) in [6.45, 7) is 2.84. The van der Waals surface area contributed by atoms with Crippen LogP contribution >= 0.6 is 0 Å². The molecule has 0 saturated carbocycles. The Morgan fingerprint density at radius 3 is 1.48 bits per heavy atom. The molecule has 0 aliphatic carbocycles. The predicted molar refractivity (Wildman–Crippen MR) is 304 cm³/mol. The molecule has 0 bridgehead atoms. The predicted octanol–water partition coefficient (Wildman–Crippen LogP) is 6.32. The second kappa shape index (κ2) is 44.8. The quantitative estimate of drug-likeness (QED) is 0.0163. The van der Waals surface area contributed by atoms with Crippen LogP contribution in [0.25, 0.3) is 0 Å². The maximum Gasteiger partial charge on any atom is 1.00 e. The summed E-state index contributed by atoms with van der Waals surface area (Å²) in [6.07, 6.45) is 21.4. The summed E-state index contributed by atoms with van der Waals surface area (Å²) < 4.78 is 113. The van der Waals surface area contributed by atoms with E-state index >= 15 is 0 Å². The Balaban J connectivity index is 0.0000115. The standard InChI is InChI=1S/C61H91NO16S2.2Na/c1-3-5-7-9-11-13-15-17-19-21-23-25-36-44-53(72-46-49-38-30-27-31-39-49)52(62-55(63)45-37-26-24-22-20-18-16-14-12-10-8-6-4-2)47-73-61-58(77-60(65)51-42-34-29-35-43-51)57(76-59(64)50-40-32-28-33-41-50)56(78-80(69,70)71)54(75-61)48-74-79(66,67)68;;/h27-36,38-44,52-54,56-58,61H,3-26,37,45-48H2,1-2H3,(H,62,63)(H,66,67,68)(H,69,70,71);;/q;2*+1/p-2/b44-36+;;/t52-,53+,54+,56-,57-,58+,61+;;/m0../s1. The molecule has 3 aromatic carbocycles. The third-order valence-electron chi connectivity index (χ3n) is 14.0. The molecule has 1 N–H and O–H groups in total. The van der Waals surface area contributed by atoms with E-state index in [2.05, 4.69) is 23.3 Å². The topological polar surface area (TPSA) is 242 Å². The molecule has 1 aliphatic heterocycles. The molecule has 1 saturated heterocycles. The Kier molecular flexibility index (Phi) is 41.3. The van der Waals surface area contributed by atoms with Crippen LogP contribution in [0.4, 0.5) is 0 Å². The van der Waals surface area contributed by atoms with Gasteiger partial charge in [-0.1, -0.05) is 234 Å². The molecule has 17 nitrogen and oxygen atoms in total. The fourth-order valence-electron chi connectivity index (χ4n) is 9.57. The average molecular weight is 1200 g/mol. The molecule has 448 valence electrons. The molecule has 82 heavy (non-hydrogen) atoms. The molecule has 0 unspecified atom stereocenters. The number of allylic oxidation sites excluding steroid dienone is 1. The van der Waals surface area contributed by atoms with E-state index in [1.807, 2.05) is 42.5 Å². The van der Waals surface area contributed by atoms with Gasteiger partial charge in [0.2, 0.25) is 26.7 Å². The maximum atomic E-state index is 14.0. The van der Waals surface area contributed by atoms with Gasteiger partial charge in [-0.25, -0.2) is 26.4 Å². The van der Waals surface area contributed by atoms with Gasteiger partial charge < -0.3 is 38.1 Å². The van der Waals surface area contributed by atoms with E-state index in [1.54, 1.807) is 24.3 Å². The maximum absolute atomic E-state index is 14.0. The number of unbranched alkanes of at least 4 members (excludes halogenated alkanes) is 23. The summed E-state index contributed by atoms with van der Waals surface area (Å²) in [7, 11) is -11.3. The van der Waals surface area contributed by atoms with Crippen molar-refractivity contribution in [3.63, 3.8) is 0 Å². The number of esters is 2. The number of ether oxygens (including phenoxy) is 5. The Morgan fingerprint density at radius 1 is 0.573 bits per heavy atom. The molecule has 3 aromatic rings. The van der Waals surface area contributed by atoms with E-state index in [-0.39, 0.29) is 89.2 Å². The first-order chi connectivity index (χ1) is 38.7. The third-order valence-corrected chi connectivity index (χ3v) is 14.9. The van der Waals surface area contributed by atoms with Crippen molar-refractivity contribution in [3.8, 4) is 0 Å². The first-order valence-electron chi connectivity index (χ1n) is 29.3. The van der Waals surface area contributed by atoms with Crippen LogP contribution in [0.1, 0.15) is 207 Å². The minimum Gasteiger partial charge on any atom is -0.726 e. The summed E-state index contributed by atoms with van der Waals surface area (Å²) in [5, 5.41) is 3.10. The van der Waals surface area contributed by atoms with Gasteiger partial charge >= 0.3 is 71.1 Å². The monoisotopic (exact) mass is 1200 g/mol. The number of rotatable bonds is 44. The van der Waals surface area contributed by atoms with Crippen LogP contribution in [-0.2, 0) is 64.2 Å². The Bertz CT molecular complexity index is 2410. The second-order valence-corrected chi connectivity index (χ2v) is 22.8. The summed E-state index contributed by atoms with van der Waals surface area (Å²) in [6, 6.07) is 23.4. The first-order valence-corrected chi connectivity index (χ1v) is 32.0.